The standard InChI is InChI=1S/C23H17N3OS/c1-3-9-16(10-4-1)21-22(17-11-5-2-6-12-17)27-23(26-21)28-15-20-24-18-13-7-8-14-19(18)25-20/h1-14H,15H2,(H,24,25). The number of hydrogen-bond donors (Lipinski definition) is 1. The van der Waals surface area contributed by atoms with Gasteiger partial charge < -0.3 is 9.40 Å². The normalized spacial score (nSPS) is 11.1. The van der Waals surface area contributed by atoms with Gasteiger partial charge in [-0.1, -0.05) is 84.6 Å². The second kappa shape index (κ2) is 7.37. The molecule has 2 aromatic heterocycles. The Balaban J connectivity index is 1.47. The van der Waals surface area contributed by atoms with Crippen LogP contribution in [0.3, 0.4) is 0 Å². The summed E-state index contributed by atoms with van der Waals surface area (Å²) in [6.45, 7) is 0. The highest BCUT2D eigenvalue weighted by molar-refractivity contribution is 7.98. The SMILES string of the molecule is c1ccc(-c2nc(SCc3nc4ccccc4[nH]3)oc2-c2ccccc2)cc1. The fourth-order valence-corrected chi connectivity index (χ4v) is 3.84. The molecule has 0 aliphatic carbocycles. The highest BCUT2D eigenvalue weighted by Gasteiger charge is 2.17. The fourth-order valence-electron chi connectivity index (χ4n) is 3.14. The van der Waals surface area contributed by atoms with Gasteiger partial charge in [-0.3, -0.25) is 0 Å². The third-order valence-corrected chi connectivity index (χ3v) is 5.30. The van der Waals surface area contributed by atoms with E-state index in [9.17, 15) is 0 Å². The average Bonchev–Trinajstić information content (AvgIpc) is 3.37. The summed E-state index contributed by atoms with van der Waals surface area (Å²) in [4.78, 5) is 12.8. The Labute approximate surface area is 166 Å². The fraction of sp³-hybridized carbons (Fsp3) is 0.0435. The molecule has 0 spiro atoms. The van der Waals surface area contributed by atoms with Crippen LogP contribution >= 0.6 is 11.8 Å². The molecule has 0 bridgehead atoms. The van der Waals surface area contributed by atoms with Gasteiger partial charge in [0.15, 0.2) is 5.76 Å². The molecule has 0 aliphatic rings. The van der Waals surface area contributed by atoms with Crippen LogP contribution in [-0.2, 0) is 5.75 Å². The summed E-state index contributed by atoms with van der Waals surface area (Å²) in [6.07, 6.45) is 0. The lowest BCUT2D eigenvalue weighted by atomic mass is 10.1. The second-order valence-corrected chi connectivity index (χ2v) is 7.31. The Morgan fingerprint density at radius 2 is 1.43 bits per heavy atom. The Kier molecular flexibility index (Phi) is 4.43. The predicted molar refractivity (Wildman–Crippen MR) is 113 cm³/mol. The number of hydrogen-bond acceptors (Lipinski definition) is 4. The number of thioether (sulfide) groups is 1. The quantitative estimate of drug-likeness (QED) is 0.368. The van der Waals surface area contributed by atoms with E-state index in [-0.39, 0.29) is 0 Å². The first kappa shape index (κ1) is 16.8. The van der Waals surface area contributed by atoms with Gasteiger partial charge in [-0.2, -0.15) is 0 Å². The lowest BCUT2D eigenvalue weighted by molar-refractivity contribution is 0.466. The summed E-state index contributed by atoms with van der Waals surface area (Å²) >= 11 is 1.54. The van der Waals surface area contributed by atoms with E-state index in [1.165, 1.54) is 0 Å². The molecular formula is C23H17N3OS. The number of aromatic amines is 1. The van der Waals surface area contributed by atoms with E-state index in [1.807, 2.05) is 72.8 Å². The van der Waals surface area contributed by atoms with Crippen molar-refractivity contribution in [1.29, 1.82) is 0 Å². The first-order chi connectivity index (χ1) is 13.9. The highest BCUT2D eigenvalue weighted by atomic mass is 32.2. The maximum Gasteiger partial charge on any atom is 0.257 e. The molecule has 4 nitrogen and oxygen atoms in total. The summed E-state index contributed by atoms with van der Waals surface area (Å²) in [5.74, 6) is 2.36. The van der Waals surface area contributed by atoms with Gasteiger partial charge in [-0.15, -0.1) is 0 Å². The second-order valence-electron chi connectivity index (χ2n) is 6.38. The third-order valence-electron chi connectivity index (χ3n) is 4.46. The number of fused-ring (bicyclic) bond motifs is 1. The zero-order chi connectivity index (χ0) is 18.8. The Morgan fingerprint density at radius 1 is 0.750 bits per heavy atom. The van der Waals surface area contributed by atoms with Crippen LogP contribution in [0.25, 0.3) is 33.6 Å². The molecule has 136 valence electrons. The van der Waals surface area contributed by atoms with E-state index < -0.39 is 0 Å². The summed E-state index contributed by atoms with van der Waals surface area (Å²) in [5, 5.41) is 0.637. The first-order valence-electron chi connectivity index (χ1n) is 9.05. The summed E-state index contributed by atoms with van der Waals surface area (Å²) < 4.78 is 6.16. The van der Waals surface area contributed by atoms with Gasteiger partial charge in [0.25, 0.3) is 5.22 Å². The monoisotopic (exact) mass is 383 g/mol. The van der Waals surface area contributed by atoms with Gasteiger partial charge in [0.2, 0.25) is 0 Å². The van der Waals surface area contributed by atoms with Crippen molar-refractivity contribution >= 4 is 22.8 Å². The molecule has 2 heterocycles. The Hall–Kier alpha value is -3.31. The van der Waals surface area contributed by atoms with Gasteiger partial charge in [0.05, 0.1) is 16.8 Å². The number of para-hydroxylation sites is 2. The van der Waals surface area contributed by atoms with E-state index in [1.54, 1.807) is 11.8 Å². The molecule has 5 aromatic rings. The summed E-state index contributed by atoms with van der Waals surface area (Å²) in [7, 11) is 0. The molecule has 0 saturated carbocycles. The third kappa shape index (κ3) is 3.32. The van der Waals surface area contributed by atoms with Crippen LogP contribution in [0.2, 0.25) is 0 Å². The number of imidazole rings is 1. The molecule has 1 N–H and O–H groups in total. The van der Waals surface area contributed by atoms with Gasteiger partial charge in [0.1, 0.15) is 11.5 Å². The zero-order valence-corrected chi connectivity index (χ0v) is 15.8. The molecule has 0 aliphatic heterocycles. The number of aromatic nitrogens is 3. The van der Waals surface area contributed by atoms with Crippen LogP contribution in [0.5, 0.6) is 0 Å². The lowest BCUT2D eigenvalue weighted by Crippen LogP contribution is -1.84. The molecule has 5 heteroatoms. The number of rotatable bonds is 5. The van der Waals surface area contributed by atoms with E-state index in [0.29, 0.717) is 11.0 Å². The van der Waals surface area contributed by atoms with Crippen LogP contribution < -0.4 is 0 Å². The molecule has 0 atom stereocenters. The summed E-state index contributed by atoms with van der Waals surface area (Å²) in [6, 6.07) is 28.3. The first-order valence-corrected chi connectivity index (χ1v) is 10.0. The zero-order valence-electron chi connectivity index (χ0n) is 15.0. The van der Waals surface area contributed by atoms with Gasteiger partial charge in [-0.05, 0) is 12.1 Å². The topological polar surface area (TPSA) is 54.7 Å². The van der Waals surface area contributed by atoms with Crippen LogP contribution in [0.15, 0.2) is 94.6 Å². The molecule has 28 heavy (non-hydrogen) atoms. The summed E-state index contributed by atoms with van der Waals surface area (Å²) in [5.41, 5.74) is 4.94. The van der Waals surface area contributed by atoms with Gasteiger partial charge in [0, 0.05) is 11.1 Å². The van der Waals surface area contributed by atoms with Crippen LogP contribution in [0.4, 0.5) is 0 Å². The van der Waals surface area contributed by atoms with Gasteiger partial charge >= 0.3 is 0 Å². The maximum atomic E-state index is 6.16. The van der Waals surface area contributed by atoms with Crippen LogP contribution in [0.1, 0.15) is 5.82 Å². The van der Waals surface area contributed by atoms with E-state index >= 15 is 0 Å². The largest absolute Gasteiger partial charge is 0.431 e. The Bertz CT molecular complexity index is 1120. The smallest absolute Gasteiger partial charge is 0.257 e. The van der Waals surface area contributed by atoms with Crippen molar-refractivity contribution in [2.75, 3.05) is 0 Å². The molecule has 0 fully saturated rings. The Morgan fingerprint density at radius 3 is 2.18 bits per heavy atom. The molecule has 0 unspecified atom stereocenters. The van der Waals surface area contributed by atoms with Crippen LogP contribution in [0, 0.1) is 0 Å². The average molecular weight is 383 g/mol. The number of oxazole rings is 1. The van der Waals surface area contributed by atoms with Crippen molar-refractivity contribution in [2.24, 2.45) is 0 Å². The number of nitrogens with one attached hydrogen (secondary N) is 1. The van der Waals surface area contributed by atoms with Crippen molar-refractivity contribution in [3.63, 3.8) is 0 Å². The minimum Gasteiger partial charge on any atom is -0.431 e. The van der Waals surface area contributed by atoms with Gasteiger partial charge in [-0.25, -0.2) is 9.97 Å². The predicted octanol–water partition coefficient (Wildman–Crippen LogP) is 6.18. The highest BCUT2D eigenvalue weighted by Crippen LogP contribution is 2.36. The minimum atomic E-state index is 0.637. The van der Waals surface area contributed by atoms with Crippen molar-refractivity contribution in [3.8, 4) is 22.6 Å². The lowest BCUT2D eigenvalue weighted by Gasteiger charge is -2.00. The van der Waals surface area contributed by atoms with E-state index in [0.717, 1.165) is 39.4 Å². The molecule has 0 saturated heterocycles. The van der Waals surface area contributed by atoms with Crippen molar-refractivity contribution < 1.29 is 4.42 Å². The minimum absolute atomic E-state index is 0.637. The van der Waals surface area contributed by atoms with Crippen molar-refractivity contribution in [2.45, 2.75) is 11.0 Å². The van der Waals surface area contributed by atoms with Crippen molar-refractivity contribution in [1.82, 2.24) is 15.0 Å². The number of benzene rings is 3. The van der Waals surface area contributed by atoms with Crippen LogP contribution in [-0.4, -0.2) is 15.0 Å². The number of H-pyrrole nitrogens is 1. The maximum absolute atomic E-state index is 6.16. The molecule has 5 rings (SSSR count). The van der Waals surface area contributed by atoms with E-state index in [4.69, 9.17) is 9.40 Å². The number of nitrogens with zero attached hydrogens (tertiary/aromatic N) is 2. The molecule has 3 aromatic carbocycles. The molecule has 0 radical (unpaired) electrons. The van der Waals surface area contributed by atoms with Crippen molar-refractivity contribution in [3.05, 3.63) is 90.8 Å². The van der Waals surface area contributed by atoms with E-state index in [2.05, 4.69) is 22.1 Å². The molecule has 0 amide bonds. The molecular weight excluding hydrogens is 366 g/mol.